The summed E-state index contributed by atoms with van der Waals surface area (Å²) in [6, 6.07) is 4.11. The maximum Gasteiger partial charge on any atom is 0.293 e. The third-order valence-corrected chi connectivity index (χ3v) is 4.55. The first-order valence-corrected chi connectivity index (χ1v) is 8.22. The van der Waals surface area contributed by atoms with E-state index in [1.165, 1.54) is 18.3 Å². The SMILES string of the molecule is Cn1ccnc1C(=O)c1ccc(NC2CCCCC2O)c([N+](=O)[O-])c1. The molecule has 0 radical (unpaired) electrons. The number of anilines is 1. The van der Waals surface area contributed by atoms with Crippen molar-refractivity contribution < 1.29 is 14.8 Å². The molecule has 0 saturated heterocycles. The predicted octanol–water partition coefficient (Wildman–Crippen LogP) is 2.27. The molecule has 2 atom stereocenters. The minimum Gasteiger partial charge on any atom is -0.391 e. The quantitative estimate of drug-likeness (QED) is 0.489. The Labute approximate surface area is 144 Å². The monoisotopic (exact) mass is 344 g/mol. The molecule has 3 rings (SSSR count). The van der Waals surface area contributed by atoms with Crippen LogP contribution in [0.25, 0.3) is 0 Å². The van der Waals surface area contributed by atoms with Gasteiger partial charge in [-0.25, -0.2) is 4.98 Å². The average Bonchev–Trinajstić information content (AvgIpc) is 3.02. The van der Waals surface area contributed by atoms with E-state index in [9.17, 15) is 20.0 Å². The number of imidazole rings is 1. The molecule has 1 aromatic carbocycles. The number of aliphatic hydroxyl groups is 1. The van der Waals surface area contributed by atoms with E-state index in [4.69, 9.17) is 0 Å². The molecule has 0 amide bonds. The number of nitrogens with zero attached hydrogens (tertiary/aromatic N) is 3. The fourth-order valence-electron chi connectivity index (χ4n) is 3.14. The van der Waals surface area contributed by atoms with Gasteiger partial charge in [-0.15, -0.1) is 0 Å². The summed E-state index contributed by atoms with van der Waals surface area (Å²) in [5, 5.41) is 24.6. The fraction of sp³-hybridized carbons (Fsp3) is 0.412. The highest BCUT2D eigenvalue weighted by Crippen LogP contribution is 2.30. The molecule has 1 fully saturated rings. The lowest BCUT2D eigenvalue weighted by atomic mass is 9.92. The molecule has 2 aromatic rings. The number of ketones is 1. The van der Waals surface area contributed by atoms with E-state index in [0.29, 0.717) is 12.1 Å². The van der Waals surface area contributed by atoms with Crippen molar-refractivity contribution in [1.29, 1.82) is 0 Å². The summed E-state index contributed by atoms with van der Waals surface area (Å²) in [6.45, 7) is 0. The Morgan fingerprint density at radius 1 is 1.40 bits per heavy atom. The summed E-state index contributed by atoms with van der Waals surface area (Å²) < 4.78 is 1.57. The van der Waals surface area contributed by atoms with Crippen LogP contribution in [0.1, 0.15) is 41.9 Å². The number of hydrogen-bond donors (Lipinski definition) is 2. The largest absolute Gasteiger partial charge is 0.391 e. The van der Waals surface area contributed by atoms with Crippen molar-refractivity contribution in [2.24, 2.45) is 7.05 Å². The number of benzene rings is 1. The Kier molecular flexibility index (Phi) is 4.80. The van der Waals surface area contributed by atoms with Crippen LogP contribution in [0, 0.1) is 10.1 Å². The highest BCUT2D eigenvalue weighted by molar-refractivity contribution is 6.07. The number of nitro benzene ring substituents is 1. The highest BCUT2D eigenvalue weighted by atomic mass is 16.6. The number of rotatable bonds is 5. The van der Waals surface area contributed by atoms with Crippen LogP contribution in [0.4, 0.5) is 11.4 Å². The lowest BCUT2D eigenvalue weighted by Gasteiger charge is -2.29. The van der Waals surface area contributed by atoms with Gasteiger partial charge in [0.1, 0.15) is 5.69 Å². The number of carbonyl (C=O) groups is 1. The van der Waals surface area contributed by atoms with E-state index in [1.807, 2.05) is 0 Å². The summed E-state index contributed by atoms with van der Waals surface area (Å²) in [5.41, 5.74) is 0.334. The Morgan fingerprint density at radius 3 is 2.80 bits per heavy atom. The van der Waals surface area contributed by atoms with Crippen molar-refractivity contribution >= 4 is 17.2 Å². The van der Waals surface area contributed by atoms with Gasteiger partial charge in [0.05, 0.1) is 17.1 Å². The molecule has 1 aliphatic carbocycles. The van der Waals surface area contributed by atoms with Gasteiger partial charge in [-0.1, -0.05) is 12.8 Å². The third kappa shape index (κ3) is 3.53. The fourth-order valence-corrected chi connectivity index (χ4v) is 3.14. The van der Waals surface area contributed by atoms with Gasteiger partial charge in [0.15, 0.2) is 5.82 Å². The third-order valence-electron chi connectivity index (χ3n) is 4.55. The summed E-state index contributed by atoms with van der Waals surface area (Å²) >= 11 is 0. The van der Waals surface area contributed by atoms with Crippen LogP contribution in [-0.2, 0) is 7.05 Å². The normalized spacial score (nSPS) is 20.2. The van der Waals surface area contributed by atoms with Gasteiger partial charge < -0.3 is 15.0 Å². The molecule has 1 saturated carbocycles. The molecule has 0 bridgehead atoms. The second kappa shape index (κ2) is 7.02. The van der Waals surface area contributed by atoms with E-state index >= 15 is 0 Å². The van der Waals surface area contributed by atoms with Gasteiger partial charge in [0.25, 0.3) is 5.69 Å². The van der Waals surface area contributed by atoms with E-state index < -0.39 is 11.0 Å². The predicted molar refractivity (Wildman–Crippen MR) is 91.6 cm³/mol. The first kappa shape index (κ1) is 17.1. The first-order valence-electron chi connectivity index (χ1n) is 8.22. The summed E-state index contributed by atoms with van der Waals surface area (Å²) in [7, 11) is 1.69. The van der Waals surface area contributed by atoms with Gasteiger partial charge in [-0.2, -0.15) is 0 Å². The Balaban J connectivity index is 1.89. The van der Waals surface area contributed by atoms with Gasteiger partial charge in [0.2, 0.25) is 5.78 Å². The zero-order chi connectivity index (χ0) is 18.0. The Hall–Kier alpha value is -2.74. The van der Waals surface area contributed by atoms with Crippen LogP contribution < -0.4 is 5.32 Å². The number of aryl methyl sites for hydroxylation is 1. The van der Waals surface area contributed by atoms with Gasteiger partial charge >= 0.3 is 0 Å². The standard InChI is InChI=1S/C17H20N4O4/c1-20-9-8-18-17(20)16(23)11-6-7-12(14(10-11)21(24)25)19-13-4-2-3-5-15(13)22/h6-10,13,15,19,22H,2-5H2,1H3. The van der Waals surface area contributed by atoms with Crippen molar-refractivity contribution in [2.45, 2.75) is 37.8 Å². The molecule has 0 spiro atoms. The molecule has 8 nitrogen and oxygen atoms in total. The van der Waals surface area contributed by atoms with Crippen LogP contribution in [0.3, 0.4) is 0 Å². The number of nitrogens with one attached hydrogen (secondary N) is 1. The maximum absolute atomic E-state index is 12.5. The Bertz CT molecular complexity index is 802. The molecule has 1 heterocycles. The number of carbonyl (C=O) groups excluding carboxylic acids is 1. The molecular formula is C17H20N4O4. The van der Waals surface area contributed by atoms with Crippen LogP contribution in [0.5, 0.6) is 0 Å². The second-order valence-electron chi connectivity index (χ2n) is 6.28. The van der Waals surface area contributed by atoms with Crippen molar-refractivity contribution in [2.75, 3.05) is 5.32 Å². The summed E-state index contributed by atoms with van der Waals surface area (Å²) in [4.78, 5) is 27.4. The van der Waals surface area contributed by atoms with E-state index in [1.54, 1.807) is 23.9 Å². The number of aromatic nitrogens is 2. The molecule has 1 aromatic heterocycles. The second-order valence-corrected chi connectivity index (χ2v) is 6.28. The minimum absolute atomic E-state index is 0.183. The van der Waals surface area contributed by atoms with Crippen LogP contribution >= 0.6 is 0 Å². The van der Waals surface area contributed by atoms with Gasteiger partial charge in [-0.05, 0) is 25.0 Å². The smallest absolute Gasteiger partial charge is 0.293 e. The zero-order valence-corrected chi connectivity index (χ0v) is 13.9. The first-order chi connectivity index (χ1) is 12.0. The minimum atomic E-state index is -0.526. The van der Waals surface area contributed by atoms with Crippen LogP contribution in [-0.4, -0.2) is 37.5 Å². The van der Waals surface area contributed by atoms with Crippen molar-refractivity contribution in [1.82, 2.24) is 9.55 Å². The lowest BCUT2D eigenvalue weighted by Crippen LogP contribution is -2.36. The molecule has 25 heavy (non-hydrogen) atoms. The van der Waals surface area contributed by atoms with Crippen LogP contribution in [0.15, 0.2) is 30.6 Å². The molecule has 1 aliphatic rings. The molecule has 0 aliphatic heterocycles. The van der Waals surface area contributed by atoms with E-state index in [-0.39, 0.29) is 28.9 Å². The number of nitro groups is 1. The lowest BCUT2D eigenvalue weighted by molar-refractivity contribution is -0.384. The maximum atomic E-state index is 12.5. The number of aliphatic hydroxyl groups excluding tert-OH is 1. The summed E-state index contributed by atoms with van der Waals surface area (Å²) in [6.07, 6.45) is 5.98. The molecule has 2 N–H and O–H groups in total. The van der Waals surface area contributed by atoms with Crippen molar-refractivity contribution in [3.63, 3.8) is 0 Å². The van der Waals surface area contributed by atoms with Gasteiger partial charge in [0, 0.05) is 31.1 Å². The number of hydrogen-bond acceptors (Lipinski definition) is 6. The zero-order valence-electron chi connectivity index (χ0n) is 13.9. The van der Waals surface area contributed by atoms with Gasteiger partial charge in [-0.3, -0.25) is 14.9 Å². The molecule has 8 heteroatoms. The average molecular weight is 344 g/mol. The topological polar surface area (TPSA) is 110 Å². The summed E-state index contributed by atoms with van der Waals surface area (Å²) in [5.74, 6) is -0.155. The highest BCUT2D eigenvalue weighted by Gasteiger charge is 2.26. The van der Waals surface area contributed by atoms with E-state index in [2.05, 4.69) is 10.3 Å². The van der Waals surface area contributed by atoms with Crippen molar-refractivity contribution in [3.8, 4) is 0 Å². The molecule has 132 valence electrons. The van der Waals surface area contributed by atoms with Crippen LogP contribution in [0.2, 0.25) is 0 Å². The van der Waals surface area contributed by atoms with Crippen molar-refractivity contribution in [3.05, 3.63) is 52.1 Å². The Morgan fingerprint density at radius 2 is 2.16 bits per heavy atom. The molecular weight excluding hydrogens is 324 g/mol. The molecule has 2 unspecified atom stereocenters. The van der Waals surface area contributed by atoms with E-state index in [0.717, 1.165) is 19.3 Å².